The Morgan fingerprint density at radius 3 is 2.56 bits per heavy atom. The molecule has 4 heteroatoms. The normalized spacial score (nSPS) is 10.4. The van der Waals surface area contributed by atoms with E-state index < -0.39 is 0 Å². The van der Waals surface area contributed by atoms with Gasteiger partial charge in [0.25, 0.3) is 0 Å². The Hall–Kier alpha value is -0.620. The van der Waals surface area contributed by atoms with Gasteiger partial charge in [-0.05, 0) is 39.4 Å². The molecule has 0 aromatic heterocycles. The molecule has 0 N–H and O–H groups in total. The van der Waals surface area contributed by atoms with Crippen molar-refractivity contribution in [2.45, 2.75) is 0 Å². The van der Waals surface area contributed by atoms with Crippen LogP contribution in [-0.2, 0) is 4.74 Å². The fraction of sp³-hybridized carbons (Fsp3) is 0.0833. The molecule has 2 aromatic rings. The predicted molar refractivity (Wildman–Crippen MR) is 75.7 cm³/mol. The van der Waals surface area contributed by atoms with Crippen molar-refractivity contribution in [3.63, 3.8) is 0 Å². The predicted octanol–water partition coefficient (Wildman–Crippen LogP) is 3.99. The molecule has 0 amide bonds. The number of methoxy groups -OCH3 is 1. The summed E-state index contributed by atoms with van der Waals surface area (Å²) in [6.45, 7) is 0. The second-order valence-corrected chi connectivity index (χ2v) is 5.19. The number of rotatable bonds is 1. The van der Waals surface area contributed by atoms with Crippen molar-refractivity contribution in [3.05, 3.63) is 43.9 Å². The quantitative estimate of drug-likeness (QED) is 0.543. The minimum absolute atomic E-state index is 0.309. The Morgan fingerprint density at radius 2 is 1.94 bits per heavy atom. The van der Waals surface area contributed by atoms with E-state index in [-0.39, 0.29) is 5.97 Å². The first-order chi connectivity index (χ1) is 7.65. The van der Waals surface area contributed by atoms with Gasteiger partial charge in [0.2, 0.25) is 0 Å². The van der Waals surface area contributed by atoms with Gasteiger partial charge in [-0.1, -0.05) is 40.2 Å². The number of esters is 1. The molecule has 0 unspecified atom stereocenters. The van der Waals surface area contributed by atoms with Crippen LogP contribution >= 0.6 is 38.5 Å². The topological polar surface area (TPSA) is 26.3 Å². The number of carbonyl (C=O) groups excluding carboxylic acids is 1. The van der Waals surface area contributed by atoms with Gasteiger partial charge in [0, 0.05) is 8.04 Å². The van der Waals surface area contributed by atoms with Gasteiger partial charge in [-0.15, -0.1) is 0 Å². The van der Waals surface area contributed by atoms with Gasteiger partial charge in [-0.2, -0.15) is 0 Å². The molecule has 0 radical (unpaired) electrons. The maximum absolute atomic E-state index is 11.6. The first kappa shape index (κ1) is 11.9. The molecule has 0 atom stereocenters. The zero-order valence-electron chi connectivity index (χ0n) is 8.46. The van der Waals surface area contributed by atoms with Crippen LogP contribution in [0.5, 0.6) is 0 Å². The molecule has 0 bridgehead atoms. The lowest BCUT2D eigenvalue weighted by atomic mass is 10.1. The first-order valence-electron chi connectivity index (χ1n) is 4.60. The minimum Gasteiger partial charge on any atom is -0.465 e. The molecule has 0 aliphatic carbocycles. The van der Waals surface area contributed by atoms with Crippen molar-refractivity contribution in [1.82, 2.24) is 0 Å². The third-order valence-electron chi connectivity index (χ3n) is 2.33. The second kappa shape index (κ2) is 4.71. The van der Waals surface area contributed by atoms with Gasteiger partial charge in [0.05, 0.1) is 12.7 Å². The summed E-state index contributed by atoms with van der Waals surface area (Å²) in [7, 11) is 1.39. The molecule has 0 saturated carbocycles. The molecule has 16 heavy (non-hydrogen) atoms. The molecular weight excluding hydrogens is 383 g/mol. The van der Waals surface area contributed by atoms with Crippen LogP contribution in [0.4, 0.5) is 0 Å². The maximum Gasteiger partial charge on any atom is 0.338 e. The molecule has 0 aliphatic heterocycles. The van der Waals surface area contributed by atoms with E-state index >= 15 is 0 Å². The van der Waals surface area contributed by atoms with Gasteiger partial charge < -0.3 is 4.74 Å². The highest BCUT2D eigenvalue weighted by Gasteiger charge is 2.14. The molecule has 0 spiro atoms. The highest BCUT2D eigenvalue weighted by atomic mass is 127. The molecule has 0 fully saturated rings. The smallest absolute Gasteiger partial charge is 0.338 e. The Bertz CT molecular complexity index is 566. The molecule has 2 aromatic carbocycles. The summed E-state index contributed by atoms with van der Waals surface area (Å²) in [6, 6.07) is 9.74. The average molecular weight is 391 g/mol. The molecule has 2 nitrogen and oxygen atoms in total. The second-order valence-electron chi connectivity index (χ2n) is 3.26. The van der Waals surface area contributed by atoms with Crippen LogP contribution in [-0.4, -0.2) is 13.1 Å². The third-order valence-corrected chi connectivity index (χ3v) is 4.15. The van der Waals surface area contributed by atoms with Crippen molar-refractivity contribution in [2.24, 2.45) is 0 Å². The van der Waals surface area contributed by atoms with Crippen LogP contribution in [0, 0.1) is 3.57 Å². The van der Waals surface area contributed by atoms with E-state index in [9.17, 15) is 4.79 Å². The largest absolute Gasteiger partial charge is 0.465 e. The van der Waals surface area contributed by atoms with Gasteiger partial charge in [0.1, 0.15) is 0 Å². The highest BCUT2D eigenvalue weighted by molar-refractivity contribution is 14.1. The summed E-state index contributed by atoms with van der Waals surface area (Å²) in [4.78, 5) is 11.6. The maximum atomic E-state index is 11.6. The average Bonchev–Trinajstić information content (AvgIpc) is 2.33. The fourth-order valence-corrected chi connectivity index (χ4v) is 2.98. The van der Waals surface area contributed by atoms with E-state index in [4.69, 9.17) is 4.74 Å². The molecular formula is C12H8BrIO2. The Morgan fingerprint density at radius 1 is 1.31 bits per heavy atom. The van der Waals surface area contributed by atoms with Crippen LogP contribution in [0.25, 0.3) is 10.8 Å². The molecule has 0 aliphatic rings. The number of hydrogen-bond acceptors (Lipinski definition) is 2. The van der Waals surface area contributed by atoms with Crippen molar-refractivity contribution >= 4 is 55.3 Å². The number of carbonyl (C=O) groups is 1. The Kier molecular flexibility index (Phi) is 3.49. The number of benzene rings is 2. The molecule has 82 valence electrons. The van der Waals surface area contributed by atoms with Gasteiger partial charge >= 0.3 is 5.97 Å². The summed E-state index contributed by atoms with van der Waals surface area (Å²) in [6.07, 6.45) is 0. The summed E-state index contributed by atoms with van der Waals surface area (Å²) in [5, 5.41) is 2.15. The minimum atomic E-state index is -0.309. The van der Waals surface area contributed by atoms with Crippen LogP contribution in [0.15, 0.2) is 34.8 Å². The van der Waals surface area contributed by atoms with Crippen molar-refractivity contribution in [2.75, 3.05) is 7.11 Å². The number of halogens is 2. The fourth-order valence-electron chi connectivity index (χ4n) is 1.55. The van der Waals surface area contributed by atoms with Crippen molar-refractivity contribution in [1.29, 1.82) is 0 Å². The molecule has 2 rings (SSSR count). The van der Waals surface area contributed by atoms with Crippen molar-refractivity contribution < 1.29 is 9.53 Å². The van der Waals surface area contributed by atoms with Gasteiger partial charge in [-0.25, -0.2) is 4.79 Å². The van der Waals surface area contributed by atoms with Crippen molar-refractivity contribution in [3.8, 4) is 0 Å². The summed E-state index contributed by atoms with van der Waals surface area (Å²) < 4.78 is 6.58. The summed E-state index contributed by atoms with van der Waals surface area (Å²) in [5.41, 5.74) is 0.591. The third kappa shape index (κ3) is 1.96. The molecule has 0 saturated heterocycles. The Labute approximate surface area is 115 Å². The lowest BCUT2D eigenvalue weighted by Gasteiger charge is -2.08. The number of fused-ring (bicyclic) bond motifs is 1. The number of hydrogen-bond donors (Lipinski definition) is 0. The Balaban J connectivity index is 2.80. The van der Waals surface area contributed by atoms with Gasteiger partial charge in [0.15, 0.2) is 0 Å². The highest BCUT2D eigenvalue weighted by Crippen LogP contribution is 2.31. The monoisotopic (exact) mass is 390 g/mol. The lowest BCUT2D eigenvalue weighted by Crippen LogP contribution is -2.04. The lowest BCUT2D eigenvalue weighted by molar-refractivity contribution is 0.0599. The van der Waals surface area contributed by atoms with Crippen LogP contribution < -0.4 is 0 Å². The molecule has 0 heterocycles. The van der Waals surface area contributed by atoms with Crippen LogP contribution in [0.3, 0.4) is 0 Å². The first-order valence-corrected chi connectivity index (χ1v) is 6.47. The van der Waals surface area contributed by atoms with E-state index in [1.807, 2.05) is 24.3 Å². The van der Waals surface area contributed by atoms with E-state index in [2.05, 4.69) is 38.5 Å². The van der Waals surface area contributed by atoms with E-state index in [0.29, 0.717) is 5.56 Å². The zero-order chi connectivity index (χ0) is 11.7. The van der Waals surface area contributed by atoms with Crippen LogP contribution in [0.2, 0.25) is 0 Å². The summed E-state index contributed by atoms with van der Waals surface area (Å²) >= 11 is 5.64. The SMILES string of the molecule is COC(=O)c1cc(Br)c2ccccc2c1I. The van der Waals surface area contributed by atoms with E-state index in [0.717, 1.165) is 18.8 Å². The van der Waals surface area contributed by atoms with Crippen LogP contribution in [0.1, 0.15) is 10.4 Å². The van der Waals surface area contributed by atoms with Gasteiger partial charge in [-0.3, -0.25) is 0 Å². The van der Waals surface area contributed by atoms with E-state index in [1.54, 1.807) is 6.07 Å². The standard InChI is InChI=1S/C12H8BrIO2/c1-16-12(15)9-6-10(13)7-4-2-3-5-8(7)11(9)14/h2-6H,1H3. The summed E-state index contributed by atoms with van der Waals surface area (Å²) in [5.74, 6) is -0.309. The van der Waals surface area contributed by atoms with E-state index in [1.165, 1.54) is 7.11 Å². The number of ether oxygens (including phenoxy) is 1. The zero-order valence-corrected chi connectivity index (χ0v) is 12.2.